The van der Waals surface area contributed by atoms with Crippen molar-refractivity contribution in [3.63, 3.8) is 0 Å². The molecule has 0 amide bonds. The van der Waals surface area contributed by atoms with Crippen molar-refractivity contribution in [3.8, 4) is 12.1 Å². The summed E-state index contributed by atoms with van der Waals surface area (Å²) in [4.78, 5) is 23.5. The fourth-order valence-corrected chi connectivity index (χ4v) is 8.90. The molecular formula is C36H41AlBN11S8. The van der Waals surface area contributed by atoms with Gasteiger partial charge in [0.25, 0.3) is 0 Å². The summed E-state index contributed by atoms with van der Waals surface area (Å²) in [5, 5.41) is 17.9. The number of pyridine rings is 4. The van der Waals surface area contributed by atoms with Gasteiger partial charge in [0.1, 0.15) is 18.1 Å². The summed E-state index contributed by atoms with van der Waals surface area (Å²) >= 11 is 25.9. The topological polar surface area (TPSA) is 136 Å². The van der Waals surface area contributed by atoms with Crippen LogP contribution in [-0.2, 0) is 0 Å². The van der Waals surface area contributed by atoms with E-state index in [4.69, 9.17) is 63.7 Å². The van der Waals surface area contributed by atoms with E-state index in [0.29, 0.717) is 8.64 Å². The zero-order valence-corrected chi connectivity index (χ0v) is 40.3. The number of thiocarbonyl (C=S) groups is 4. The number of rotatable bonds is 6. The van der Waals surface area contributed by atoms with Gasteiger partial charge >= 0.3 is 20.4 Å². The summed E-state index contributed by atoms with van der Waals surface area (Å²) < 4.78 is 7.50. The van der Waals surface area contributed by atoms with Crippen LogP contribution in [-0.4, -0.2) is 99.4 Å². The SMILES string of the molecule is CN(C(=S)SC(C)(C)C#N)c1ccncc1.CN(C(=S)SC(C)(C)C#N)c1ccncc1.CN(C(=S)SSC(=S)N(C)c1ccncc1)c1ccncc1.[B].[NH]=[Al]. The van der Waals surface area contributed by atoms with Crippen LogP contribution < -0.4 is 19.6 Å². The Kier molecular flexibility index (Phi) is 26.9. The molecule has 0 bridgehead atoms. The van der Waals surface area contributed by atoms with Gasteiger partial charge in [-0.3, -0.25) is 19.9 Å². The van der Waals surface area contributed by atoms with Crippen LogP contribution in [0.25, 0.3) is 0 Å². The maximum absolute atomic E-state index is 8.94. The molecule has 0 aliphatic rings. The molecule has 4 aromatic rings. The van der Waals surface area contributed by atoms with Crippen LogP contribution in [0, 0.1) is 27.0 Å². The van der Waals surface area contributed by atoms with Crippen molar-refractivity contribution in [1.29, 1.82) is 14.9 Å². The molecule has 0 saturated carbocycles. The molecule has 0 fully saturated rings. The van der Waals surface area contributed by atoms with Crippen LogP contribution in [0.2, 0.25) is 0 Å². The molecule has 4 aromatic heterocycles. The summed E-state index contributed by atoms with van der Waals surface area (Å²) in [6, 6.07) is 19.6. The normalized spacial score (nSPS) is 9.91. The molecule has 0 saturated heterocycles. The van der Waals surface area contributed by atoms with E-state index in [0.717, 1.165) is 31.4 Å². The van der Waals surface area contributed by atoms with Crippen molar-refractivity contribution in [2.24, 2.45) is 0 Å². The van der Waals surface area contributed by atoms with Gasteiger partial charge in [0.15, 0.2) is 8.64 Å². The first-order valence-electron chi connectivity index (χ1n) is 16.1. The van der Waals surface area contributed by atoms with E-state index < -0.39 is 9.49 Å². The molecule has 4 heterocycles. The number of aromatic nitrogens is 4. The number of nitriles is 2. The maximum atomic E-state index is 8.94. The minimum atomic E-state index is -0.502. The van der Waals surface area contributed by atoms with Crippen LogP contribution in [0.1, 0.15) is 27.7 Å². The van der Waals surface area contributed by atoms with Gasteiger partial charge in [-0.25, -0.2) is 0 Å². The van der Waals surface area contributed by atoms with Crippen LogP contribution in [0.5, 0.6) is 0 Å². The second kappa shape index (κ2) is 28.4. The van der Waals surface area contributed by atoms with Crippen molar-refractivity contribution in [2.75, 3.05) is 47.8 Å². The quantitative estimate of drug-likeness (QED) is 0.112. The zero-order chi connectivity index (χ0) is 42.3. The van der Waals surface area contributed by atoms with Gasteiger partial charge in [-0.1, -0.05) is 72.4 Å². The van der Waals surface area contributed by atoms with E-state index in [1.807, 2.05) is 124 Å². The molecule has 21 heteroatoms. The zero-order valence-electron chi connectivity index (χ0n) is 32.6. The predicted molar refractivity (Wildman–Crippen MR) is 265 cm³/mol. The van der Waals surface area contributed by atoms with Crippen molar-refractivity contribution < 1.29 is 0 Å². The molecular weight excluding hydrogens is 881 g/mol. The van der Waals surface area contributed by atoms with E-state index in [1.54, 1.807) is 65.7 Å². The fourth-order valence-electron chi connectivity index (χ4n) is 3.49. The van der Waals surface area contributed by atoms with Gasteiger partial charge in [-0.05, 0) is 97.8 Å². The summed E-state index contributed by atoms with van der Waals surface area (Å²) in [5.41, 5.74) is 3.95. The van der Waals surface area contributed by atoms with Gasteiger partial charge < -0.3 is 19.6 Å². The second-order valence-corrected chi connectivity index (χ2v) is 19.6. The Hall–Kier alpha value is -3.06. The van der Waals surface area contributed by atoms with Crippen LogP contribution in [0.3, 0.4) is 0 Å². The summed E-state index contributed by atoms with van der Waals surface area (Å²) in [6.07, 6.45) is 13.8. The third-order valence-electron chi connectivity index (χ3n) is 6.70. The standard InChI is InChI=1S/C14H14N4S4.2C11H13N3S2.Al.B.HN/c1-17(11-3-7-15-8-4-11)13(19)21-22-14(20)18(2)12-5-9-16-10-6-12;2*1-11(2,8-12)16-10(15)14(3)9-4-6-13-7-5-9;;;/h3-10H,1-2H3;2*4-7H,1-3H3;;;1H. The number of anilines is 4. The number of thioether (sulfide) groups is 2. The minimum absolute atomic E-state index is 0. The van der Waals surface area contributed by atoms with E-state index in [-0.39, 0.29) is 8.41 Å². The Morgan fingerprint density at radius 2 is 0.702 bits per heavy atom. The Bertz CT molecular complexity index is 1780. The molecule has 0 aromatic carbocycles. The Labute approximate surface area is 385 Å². The Morgan fingerprint density at radius 3 is 0.895 bits per heavy atom. The van der Waals surface area contributed by atoms with E-state index in [9.17, 15) is 0 Å². The van der Waals surface area contributed by atoms with Gasteiger partial charge in [0.05, 0.1) is 12.1 Å². The molecule has 11 nitrogen and oxygen atoms in total. The van der Waals surface area contributed by atoms with Crippen molar-refractivity contribution in [1.82, 2.24) is 19.9 Å². The molecule has 0 atom stereocenters. The molecule has 4 rings (SSSR count). The molecule has 4 radical (unpaired) electrons. The first-order chi connectivity index (χ1) is 26.5. The van der Waals surface area contributed by atoms with Gasteiger partial charge in [0, 0.05) is 109 Å². The number of hydrogen-bond donors (Lipinski definition) is 1. The summed E-state index contributed by atoms with van der Waals surface area (Å²) in [6.45, 7) is 7.41. The average molecular weight is 922 g/mol. The van der Waals surface area contributed by atoms with Crippen molar-refractivity contribution in [2.45, 2.75) is 37.2 Å². The molecule has 0 unspecified atom stereocenters. The molecule has 57 heavy (non-hydrogen) atoms. The van der Waals surface area contributed by atoms with Gasteiger partial charge in [-0.2, -0.15) is 10.5 Å². The molecule has 1 N–H and O–H groups in total. The Morgan fingerprint density at radius 1 is 0.509 bits per heavy atom. The molecule has 294 valence electrons. The fraction of sp³-hybridized carbons (Fsp3) is 0.278. The molecule has 0 aliphatic carbocycles. The second-order valence-electron chi connectivity index (χ2n) is 11.7. The van der Waals surface area contributed by atoms with E-state index in [1.165, 1.54) is 45.1 Å². The monoisotopic (exact) mass is 921 g/mol. The van der Waals surface area contributed by atoms with Crippen LogP contribution >= 0.6 is 94.0 Å². The summed E-state index contributed by atoms with van der Waals surface area (Å²) in [5.74, 6) is 0. The summed E-state index contributed by atoms with van der Waals surface area (Å²) in [7, 11) is 10.6. The van der Waals surface area contributed by atoms with Gasteiger partial charge in [-0.15, -0.1) is 0 Å². The molecule has 0 spiro atoms. The Balaban J connectivity index is 0.000000815. The first kappa shape index (κ1) is 53.9. The number of nitrogens with zero attached hydrogens (tertiary/aromatic N) is 10. The average Bonchev–Trinajstić information content (AvgIpc) is 3.23. The third kappa shape index (κ3) is 20.5. The predicted octanol–water partition coefficient (Wildman–Crippen LogP) is 9.21. The third-order valence-corrected chi connectivity index (χ3v) is 13.6. The van der Waals surface area contributed by atoms with Crippen molar-refractivity contribution in [3.05, 3.63) is 98.1 Å². The number of nitrogens with one attached hydrogen (secondary N) is 1. The van der Waals surface area contributed by atoms with Crippen molar-refractivity contribution >= 4 is 159 Å². The molecule has 0 aliphatic heterocycles. The van der Waals surface area contributed by atoms with Gasteiger partial charge in [0.2, 0.25) is 0 Å². The van der Waals surface area contributed by atoms with E-state index >= 15 is 0 Å². The first-order valence-corrected chi connectivity index (χ1v) is 22.1. The van der Waals surface area contributed by atoms with Crippen LogP contribution in [0.4, 0.5) is 22.7 Å². The van der Waals surface area contributed by atoms with Crippen LogP contribution in [0.15, 0.2) is 98.1 Å². The van der Waals surface area contributed by atoms with E-state index in [2.05, 4.69) is 32.1 Å². The number of hydrogen-bond acceptors (Lipinski definition) is 15.